The van der Waals surface area contributed by atoms with E-state index >= 15 is 0 Å². The van der Waals surface area contributed by atoms with E-state index in [1.54, 1.807) is 32.5 Å². The second-order valence-electron chi connectivity index (χ2n) is 15.3. The largest absolute Gasteiger partial charge is 0.444 e. The zero-order chi connectivity index (χ0) is 44.3. The van der Waals surface area contributed by atoms with Crippen molar-refractivity contribution < 1.29 is 23.9 Å². The molecule has 12 nitrogen and oxygen atoms in total. The number of benzene rings is 3. The molecule has 2 aromatic heterocycles. The fourth-order valence-corrected chi connectivity index (χ4v) is 7.44. The number of thiazole rings is 2. The number of thiol groups is 1. The molecule has 0 saturated carbocycles. The Hall–Kier alpha value is -3.41. The first-order valence-electron chi connectivity index (χ1n) is 19.3. The number of aromatic nitrogens is 2. The Kier molecular flexibility index (Phi) is 21.7. The monoisotopic (exact) mass is 939 g/mol. The first kappa shape index (κ1) is 50.9. The normalized spacial score (nSPS) is 14.2. The van der Waals surface area contributed by atoms with E-state index in [0.717, 1.165) is 77.4 Å². The van der Waals surface area contributed by atoms with Gasteiger partial charge in [-0.3, -0.25) is 9.69 Å². The fraction of sp³-hybridized carbons (Fsp3) is 0.452. The van der Waals surface area contributed by atoms with Gasteiger partial charge in [0.05, 0.1) is 38.7 Å². The number of nitrogens with one attached hydrogen (secondary N) is 1. The molecule has 0 unspecified atom stereocenters. The lowest BCUT2D eigenvalue weighted by Crippen LogP contribution is -2.49. The Morgan fingerprint density at radius 1 is 0.717 bits per heavy atom. The minimum Gasteiger partial charge on any atom is -0.444 e. The highest BCUT2D eigenvalue weighted by Crippen LogP contribution is 2.24. The highest BCUT2D eigenvalue weighted by Gasteiger charge is 2.26. The van der Waals surface area contributed by atoms with Gasteiger partial charge in [-0.25, -0.2) is 19.6 Å². The fourth-order valence-electron chi connectivity index (χ4n) is 5.23. The number of carbonyl (C=O) groups excluding carboxylic acids is 3. The number of anilines is 1. The van der Waals surface area contributed by atoms with Crippen LogP contribution >= 0.6 is 70.1 Å². The molecular formula is C42H56Cl3N7O5S3. The van der Waals surface area contributed by atoms with Crippen molar-refractivity contribution in [3.63, 3.8) is 0 Å². The van der Waals surface area contributed by atoms with E-state index in [-0.39, 0.29) is 23.7 Å². The number of hydrogen-bond acceptors (Lipinski definition) is 13. The summed E-state index contributed by atoms with van der Waals surface area (Å²) in [7, 11) is 0. The SMILES string of the molecule is CC(C)(C)OC(=O)N1CCN(Cc2nc3ccccc3s2)CC1.CC(C)(C)OC(=O)N1CCNCC1.ClCc1nc2ccccc2s1.Nc1ccccc1S.O=C(Cl)CCl. The van der Waals surface area contributed by atoms with Crippen molar-refractivity contribution >= 4 is 114 Å². The van der Waals surface area contributed by atoms with Crippen LogP contribution in [0.25, 0.3) is 20.4 Å². The number of hydrogen-bond donors (Lipinski definition) is 3. The minimum absolute atomic E-state index is 0.0957. The number of nitrogens with zero attached hydrogens (tertiary/aromatic N) is 5. The Morgan fingerprint density at radius 3 is 1.57 bits per heavy atom. The van der Waals surface area contributed by atoms with Crippen molar-refractivity contribution in [1.82, 2.24) is 30.0 Å². The number of halogens is 3. The molecule has 3 N–H and O–H groups in total. The van der Waals surface area contributed by atoms with Crippen LogP contribution in [-0.4, -0.2) is 112 Å². The van der Waals surface area contributed by atoms with E-state index in [9.17, 15) is 14.4 Å². The van der Waals surface area contributed by atoms with Gasteiger partial charge in [0.25, 0.3) is 0 Å². The molecule has 3 aromatic carbocycles. The van der Waals surface area contributed by atoms with E-state index in [1.807, 2.05) is 96.1 Å². The number of amides is 2. The zero-order valence-corrected chi connectivity index (χ0v) is 39.8. The van der Waals surface area contributed by atoms with Gasteiger partial charge in [-0.1, -0.05) is 36.4 Å². The van der Waals surface area contributed by atoms with Gasteiger partial charge in [-0.15, -0.1) is 58.5 Å². The van der Waals surface area contributed by atoms with Crippen molar-refractivity contribution in [2.75, 3.05) is 64.0 Å². The van der Waals surface area contributed by atoms with Crippen molar-refractivity contribution in [2.24, 2.45) is 0 Å². The molecular weight excluding hydrogens is 885 g/mol. The molecule has 5 aromatic rings. The van der Waals surface area contributed by atoms with Crippen LogP contribution in [-0.2, 0) is 26.7 Å². The van der Waals surface area contributed by atoms with Gasteiger partial charge >= 0.3 is 12.2 Å². The van der Waals surface area contributed by atoms with Gasteiger partial charge in [0, 0.05) is 62.9 Å². The zero-order valence-electron chi connectivity index (χ0n) is 35.0. The first-order valence-corrected chi connectivity index (χ1v) is 22.8. The van der Waals surface area contributed by atoms with E-state index in [4.69, 9.17) is 50.0 Å². The van der Waals surface area contributed by atoms with Crippen LogP contribution in [0.4, 0.5) is 15.3 Å². The Labute approximate surface area is 382 Å². The van der Waals surface area contributed by atoms with Gasteiger partial charge in [0.1, 0.15) is 21.2 Å². The molecule has 2 aliphatic rings. The van der Waals surface area contributed by atoms with Crippen molar-refractivity contribution in [3.05, 3.63) is 82.8 Å². The Balaban J connectivity index is 0.000000221. The summed E-state index contributed by atoms with van der Waals surface area (Å²) in [6.07, 6.45) is -0.411. The first-order chi connectivity index (χ1) is 28.4. The molecule has 0 radical (unpaired) electrons. The van der Waals surface area contributed by atoms with E-state index in [2.05, 4.69) is 51.0 Å². The standard InChI is InChI=1S/C17H23N3O2S.C9H18N2O2.C8H6ClNS.C6H7NS.C2H2Cl2O/c1-17(2,3)22-16(21)20-10-8-19(9-11-20)12-15-18-13-6-4-5-7-14(13)23-15;1-9(2,3)13-8(12)11-6-4-10-5-7-11;9-5-8-10-6-3-1-2-4-7(6)11-8;7-5-3-1-2-4-6(5)8;3-1-2(4)5/h4-7H,8-12H2,1-3H3;10H,4-7H2,1-3H3;1-4H,5H2;1-4,8H,7H2;1H2. The van der Waals surface area contributed by atoms with E-state index in [1.165, 1.54) is 9.40 Å². The van der Waals surface area contributed by atoms with Gasteiger partial charge < -0.3 is 30.3 Å². The highest BCUT2D eigenvalue weighted by molar-refractivity contribution is 7.80. The van der Waals surface area contributed by atoms with Crippen LogP contribution < -0.4 is 11.1 Å². The van der Waals surface area contributed by atoms with Gasteiger partial charge in [0.2, 0.25) is 5.24 Å². The number of nitrogen functional groups attached to an aromatic ring is 1. The van der Waals surface area contributed by atoms with Crippen molar-refractivity contribution in [1.29, 1.82) is 0 Å². The predicted molar refractivity (Wildman–Crippen MR) is 252 cm³/mol. The number of fused-ring (bicyclic) bond motifs is 2. The van der Waals surface area contributed by atoms with Crippen molar-refractivity contribution in [3.8, 4) is 0 Å². The smallest absolute Gasteiger partial charge is 0.410 e. The van der Waals surface area contributed by atoms with Crippen LogP contribution in [0.3, 0.4) is 0 Å². The second kappa shape index (κ2) is 25.5. The molecule has 2 amide bonds. The summed E-state index contributed by atoms with van der Waals surface area (Å²) < 4.78 is 13.1. The number of nitrogens with two attached hydrogens (primary N) is 1. The molecule has 328 valence electrons. The lowest BCUT2D eigenvalue weighted by atomic mass is 10.2. The molecule has 0 aliphatic carbocycles. The van der Waals surface area contributed by atoms with E-state index in [0.29, 0.717) is 19.0 Å². The van der Waals surface area contributed by atoms with E-state index < -0.39 is 10.8 Å². The third-order valence-electron chi connectivity index (χ3n) is 7.98. The maximum Gasteiger partial charge on any atom is 0.410 e. The quantitative estimate of drug-likeness (QED) is 0.0690. The molecule has 0 spiro atoms. The van der Waals surface area contributed by atoms with Gasteiger partial charge in [0.15, 0.2) is 0 Å². The van der Waals surface area contributed by atoms with Gasteiger partial charge in [-0.2, -0.15) is 0 Å². The predicted octanol–water partition coefficient (Wildman–Crippen LogP) is 9.76. The van der Waals surface area contributed by atoms with Crippen LogP contribution in [0, 0.1) is 0 Å². The number of alkyl halides is 2. The Bertz CT molecular complexity index is 1990. The van der Waals surface area contributed by atoms with Crippen LogP contribution in [0.1, 0.15) is 51.6 Å². The third-order valence-corrected chi connectivity index (χ3v) is 11.4. The Morgan fingerprint density at radius 2 is 1.15 bits per heavy atom. The number of piperazine rings is 2. The molecule has 2 aliphatic heterocycles. The average molecular weight is 942 g/mol. The molecule has 60 heavy (non-hydrogen) atoms. The molecule has 2 saturated heterocycles. The van der Waals surface area contributed by atoms with Gasteiger partial charge in [-0.05, 0) is 89.5 Å². The summed E-state index contributed by atoms with van der Waals surface area (Å²) in [5.41, 5.74) is 7.47. The topological polar surface area (TPSA) is 143 Å². The molecule has 0 bridgehead atoms. The lowest BCUT2D eigenvalue weighted by Gasteiger charge is -2.35. The maximum atomic E-state index is 12.1. The van der Waals surface area contributed by atoms with Crippen LogP contribution in [0.15, 0.2) is 77.7 Å². The summed E-state index contributed by atoms with van der Waals surface area (Å²) >= 11 is 22.7. The molecule has 4 heterocycles. The molecule has 0 atom stereocenters. The highest BCUT2D eigenvalue weighted by atomic mass is 35.5. The van der Waals surface area contributed by atoms with Crippen LogP contribution in [0.5, 0.6) is 0 Å². The second-order valence-corrected chi connectivity index (χ2v) is 19.0. The summed E-state index contributed by atoms with van der Waals surface area (Å²) in [6, 6.07) is 23.8. The summed E-state index contributed by atoms with van der Waals surface area (Å²) in [4.78, 5) is 48.7. The molecule has 2 fully saturated rings. The number of rotatable bonds is 4. The summed E-state index contributed by atoms with van der Waals surface area (Å²) in [6.45, 7) is 18.5. The number of para-hydroxylation sites is 3. The molecule has 18 heteroatoms. The van der Waals surface area contributed by atoms with Crippen molar-refractivity contribution in [2.45, 2.75) is 70.1 Å². The maximum absolute atomic E-state index is 12.1. The summed E-state index contributed by atoms with van der Waals surface area (Å²) in [5.74, 6) is 0.418. The lowest BCUT2D eigenvalue weighted by molar-refractivity contribution is -0.109. The van der Waals surface area contributed by atoms with Crippen LogP contribution in [0.2, 0.25) is 0 Å². The minimum atomic E-state index is -0.508. The molecule has 7 rings (SSSR count). The number of ether oxygens (including phenoxy) is 2. The third kappa shape index (κ3) is 19.5. The average Bonchev–Trinajstić information content (AvgIpc) is 3.83. The summed E-state index contributed by atoms with van der Waals surface area (Å²) in [5, 5.41) is 4.80. The number of carbonyl (C=O) groups is 3.